The van der Waals surface area contributed by atoms with Crippen molar-refractivity contribution in [3.63, 3.8) is 0 Å². The van der Waals surface area contributed by atoms with Crippen molar-refractivity contribution in [1.29, 1.82) is 0 Å². The molecule has 0 spiro atoms. The zero-order valence-electron chi connectivity index (χ0n) is 18.3. The predicted octanol–water partition coefficient (Wildman–Crippen LogP) is 2.15. The van der Waals surface area contributed by atoms with Crippen LogP contribution in [-0.4, -0.2) is 81.9 Å². The summed E-state index contributed by atoms with van der Waals surface area (Å²) in [4.78, 5) is 6.84. The van der Waals surface area contributed by atoms with Gasteiger partial charge in [-0.1, -0.05) is 12.1 Å². The first-order valence-corrected chi connectivity index (χ1v) is 11.7. The Kier molecular flexibility index (Phi) is 12.0. The molecule has 1 saturated heterocycles. The number of rotatable bonds is 9. The Balaban J connectivity index is 0.00000450. The van der Waals surface area contributed by atoms with Crippen LogP contribution < -0.4 is 10.1 Å². The molecule has 1 aromatic rings. The minimum absolute atomic E-state index is 0. The third kappa shape index (κ3) is 8.56. The Bertz CT molecular complexity index is 766. The van der Waals surface area contributed by atoms with Crippen molar-refractivity contribution in [3.8, 4) is 5.75 Å². The minimum atomic E-state index is -3.30. The molecule has 10 heteroatoms. The highest BCUT2D eigenvalue weighted by Crippen LogP contribution is 2.14. The van der Waals surface area contributed by atoms with Crippen LogP contribution >= 0.6 is 24.0 Å². The van der Waals surface area contributed by atoms with Crippen LogP contribution in [0.1, 0.15) is 26.3 Å². The lowest BCUT2D eigenvalue weighted by atomic mass is 10.2. The summed E-state index contributed by atoms with van der Waals surface area (Å²) in [7, 11) is -1.65. The Morgan fingerprint density at radius 2 is 1.93 bits per heavy atom. The highest BCUT2D eigenvalue weighted by Gasteiger charge is 2.28. The molecule has 172 valence electrons. The van der Waals surface area contributed by atoms with Crippen molar-refractivity contribution >= 4 is 40.0 Å². The average molecular weight is 554 g/mol. The number of piperazine rings is 1. The lowest BCUT2D eigenvalue weighted by molar-refractivity contribution is 0.0904. The number of methoxy groups -OCH3 is 1. The number of sulfonamides is 1. The van der Waals surface area contributed by atoms with Gasteiger partial charge >= 0.3 is 0 Å². The molecule has 1 aliphatic heterocycles. The number of aliphatic imine (C=N–C) groups is 1. The van der Waals surface area contributed by atoms with Crippen LogP contribution in [0.5, 0.6) is 5.75 Å². The zero-order chi connectivity index (χ0) is 21.3. The Labute approximate surface area is 198 Å². The van der Waals surface area contributed by atoms with Crippen molar-refractivity contribution in [2.45, 2.75) is 33.4 Å². The minimum Gasteiger partial charge on any atom is -0.497 e. The van der Waals surface area contributed by atoms with E-state index < -0.39 is 10.0 Å². The molecule has 0 bridgehead atoms. The van der Waals surface area contributed by atoms with E-state index in [1.807, 2.05) is 45.0 Å². The summed E-state index contributed by atoms with van der Waals surface area (Å²) in [6.45, 7) is 9.45. The summed E-state index contributed by atoms with van der Waals surface area (Å²) in [6.07, 6.45) is 0.0329. The molecule has 0 amide bonds. The maximum atomic E-state index is 12.5. The Morgan fingerprint density at radius 3 is 2.53 bits per heavy atom. The van der Waals surface area contributed by atoms with Gasteiger partial charge in [0, 0.05) is 32.7 Å². The molecule has 1 aliphatic rings. The van der Waals surface area contributed by atoms with Gasteiger partial charge in [-0.15, -0.1) is 24.0 Å². The molecule has 1 N–H and O–H groups in total. The number of nitrogens with zero attached hydrogens (tertiary/aromatic N) is 3. The lowest BCUT2D eigenvalue weighted by Gasteiger charge is -2.36. The number of hydrogen-bond donors (Lipinski definition) is 1. The predicted molar refractivity (Wildman–Crippen MR) is 131 cm³/mol. The number of guanidine groups is 1. The van der Waals surface area contributed by atoms with E-state index in [1.165, 1.54) is 0 Å². The van der Waals surface area contributed by atoms with Gasteiger partial charge in [-0.25, -0.2) is 13.4 Å². The van der Waals surface area contributed by atoms with E-state index in [4.69, 9.17) is 14.5 Å². The molecule has 1 fully saturated rings. The van der Waals surface area contributed by atoms with Crippen LogP contribution in [-0.2, 0) is 21.3 Å². The second kappa shape index (κ2) is 13.3. The first-order chi connectivity index (χ1) is 13.9. The van der Waals surface area contributed by atoms with Gasteiger partial charge in [0.15, 0.2) is 5.96 Å². The van der Waals surface area contributed by atoms with E-state index in [0.29, 0.717) is 32.7 Å². The van der Waals surface area contributed by atoms with E-state index >= 15 is 0 Å². The Morgan fingerprint density at radius 1 is 1.23 bits per heavy atom. The summed E-state index contributed by atoms with van der Waals surface area (Å²) in [5.74, 6) is 1.63. The molecule has 0 saturated carbocycles. The Hall–Kier alpha value is -1.11. The van der Waals surface area contributed by atoms with Gasteiger partial charge in [-0.2, -0.15) is 4.31 Å². The fourth-order valence-electron chi connectivity index (χ4n) is 3.06. The molecule has 0 unspecified atom stereocenters. The third-order valence-electron chi connectivity index (χ3n) is 4.60. The molecule has 1 heterocycles. The largest absolute Gasteiger partial charge is 0.497 e. The second-order valence-electron chi connectivity index (χ2n) is 7.14. The average Bonchev–Trinajstić information content (AvgIpc) is 2.71. The monoisotopic (exact) mass is 554 g/mol. The maximum Gasteiger partial charge on any atom is 0.216 e. The van der Waals surface area contributed by atoms with E-state index in [2.05, 4.69) is 10.2 Å². The van der Waals surface area contributed by atoms with E-state index in [1.54, 1.807) is 11.4 Å². The van der Waals surface area contributed by atoms with Crippen LogP contribution in [0.3, 0.4) is 0 Å². The van der Waals surface area contributed by atoms with Crippen molar-refractivity contribution in [2.75, 3.05) is 52.2 Å². The van der Waals surface area contributed by atoms with Gasteiger partial charge < -0.3 is 19.7 Å². The highest BCUT2D eigenvalue weighted by atomic mass is 127. The molecule has 30 heavy (non-hydrogen) atoms. The maximum absolute atomic E-state index is 12.5. The summed E-state index contributed by atoms with van der Waals surface area (Å²) >= 11 is 0. The SMILES string of the molecule is CCNC(=NCc1cccc(OC)c1)N1CCN(S(=O)(=O)CCOC(C)C)CC1.I. The van der Waals surface area contributed by atoms with E-state index in [0.717, 1.165) is 23.8 Å². The van der Waals surface area contributed by atoms with E-state index in [-0.39, 0.29) is 42.4 Å². The van der Waals surface area contributed by atoms with Crippen LogP contribution in [0.15, 0.2) is 29.3 Å². The van der Waals surface area contributed by atoms with Gasteiger partial charge in [0.1, 0.15) is 5.75 Å². The second-order valence-corrected chi connectivity index (χ2v) is 9.23. The van der Waals surface area contributed by atoms with Gasteiger partial charge in [0.05, 0.1) is 32.1 Å². The van der Waals surface area contributed by atoms with Crippen LogP contribution in [0.2, 0.25) is 0 Å². The summed E-state index contributed by atoms with van der Waals surface area (Å²) in [5, 5.41) is 3.31. The van der Waals surface area contributed by atoms with Gasteiger partial charge in [0.25, 0.3) is 0 Å². The molecule has 0 aromatic heterocycles. The summed E-state index contributed by atoms with van der Waals surface area (Å²) in [5.41, 5.74) is 1.06. The van der Waals surface area contributed by atoms with Gasteiger partial charge in [-0.3, -0.25) is 0 Å². The first-order valence-electron chi connectivity index (χ1n) is 10.1. The highest BCUT2D eigenvalue weighted by molar-refractivity contribution is 14.0. The molecule has 0 atom stereocenters. The van der Waals surface area contributed by atoms with Crippen LogP contribution in [0.4, 0.5) is 0 Å². The molecule has 1 aromatic carbocycles. The van der Waals surface area contributed by atoms with Crippen LogP contribution in [0.25, 0.3) is 0 Å². The van der Waals surface area contributed by atoms with Crippen molar-refractivity contribution in [2.24, 2.45) is 4.99 Å². The van der Waals surface area contributed by atoms with E-state index in [9.17, 15) is 8.42 Å². The van der Waals surface area contributed by atoms with Gasteiger partial charge in [-0.05, 0) is 38.5 Å². The summed E-state index contributed by atoms with van der Waals surface area (Å²) in [6, 6.07) is 7.84. The topological polar surface area (TPSA) is 83.5 Å². The van der Waals surface area contributed by atoms with Crippen molar-refractivity contribution in [1.82, 2.24) is 14.5 Å². The van der Waals surface area contributed by atoms with Crippen molar-refractivity contribution in [3.05, 3.63) is 29.8 Å². The number of nitrogens with one attached hydrogen (secondary N) is 1. The first kappa shape index (κ1) is 26.9. The quantitative estimate of drug-likeness (QED) is 0.286. The zero-order valence-corrected chi connectivity index (χ0v) is 21.5. The molecule has 8 nitrogen and oxygen atoms in total. The third-order valence-corrected chi connectivity index (χ3v) is 6.44. The smallest absolute Gasteiger partial charge is 0.216 e. The van der Waals surface area contributed by atoms with Gasteiger partial charge in [0.2, 0.25) is 10.0 Å². The fourth-order valence-corrected chi connectivity index (χ4v) is 4.34. The molecule has 0 aliphatic carbocycles. The number of halogens is 1. The molecule has 2 rings (SSSR count). The molecule has 0 radical (unpaired) electrons. The summed E-state index contributed by atoms with van der Waals surface area (Å²) < 4.78 is 37.2. The van der Waals surface area contributed by atoms with Crippen LogP contribution in [0, 0.1) is 0 Å². The van der Waals surface area contributed by atoms with Crippen molar-refractivity contribution < 1.29 is 17.9 Å². The normalized spacial score (nSPS) is 15.8. The molecular formula is C20H35IN4O4S. The number of ether oxygens (including phenoxy) is 2. The number of hydrogen-bond acceptors (Lipinski definition) is 5. The standard InChI is InChI=1S/C20H34N4O4S.HI/c1-5-21-20(22-16-18-7-6-8-19(15-18)27-4)23-9-11-24(12-10-23)29(25,26)14-13-28-17(2)3;/h6-8,15,17H,5,9-14,16H2,1-4H3,(H,21,22);1H. The lowest BCUT2D eigenvalue weighted by Crippen LogP contribution is -2.54. The number of benzene rings is 1. The molecular weight excluding hydrogens is 519 g/mol. The fraction of sp³-hybridized carbons (Fsp3) is 0.650.